The summed E-state index contributed by atoms with van der Waals surface area (Å²) in [5, 5.41) is 25.6. The smallest absolute Gasteiger partial charge is 0.344 e. The summed E-state index contributed by atoms with van der Waals surface area (Å²) in [5.74, 6) is -1.78. The Labute approximate surface area is 223 Å². The van der Waals surface area contributed by atoms with Crippen molar-refractivity contribution >= 4 is 32.7 Å². The molecule has 0 aliphatic heterocycles. The predicted octanol–water partition coefficient (Wildman–Crippen LogP) is 6.88. The molecule has 0 radical (unpaired) electrons. The summed E-state index contributed by atoms with van der Waals surface area (Å²) in [6.45, 7) is 7.57. The van der Waals surface area contributed by atoms with Gasteiger partial charge in [-0.1, -0.05) is 42.5 Å². The van der Waals surface area contributed by atoms with Crippen molar-refractivity contribution in [2.24, 2.45) is 0 Å². The molecule has 0 saturated heterocycles. The number of hydrogen-bond acceptors (Lipinski definition) is 6. The summed E-state index contributed by atoms with van der Waals surface area (Å²) >= 11 is 0. The first-order valence-corrected chi connectivity index (χ1v) is 12.7. The Morgan fingerprint density at radius 3 is 1.56 bits per heavy atom. The lowest BCUT2D eigenvalue weighted by molar-refractivity contribution is 0.441. The van der Waals surface area contributed by atoms with Gasteiger partial charge in [0, 0.05) is 0 Å². The van der Waals surface area contributed by atoms with Crippen LogP contribution >= 0.6 is 0 Å². The monoisotopic (exact) mass is 518 g/mol. The molecule has 194 valence electrons. The van der Waals surface area contributed by atoms with E-state index < -0.39 is 17.2 Å². The van der Waals surface area contributed by atoms with Crippen LogP contribution in [0.15, 0.2) is 85.2 Å². The van der Waals surface area contributed by atoms with Gasteiger partial charge in [0.2, 0.25) is 0 Å². The van der Waals surface area contributed by atoms with Crippen molar-refractivity contribution in [3.63, 3.8) is 0 Å². The largest absolute Gasteiger partial charge is 0.507 e. The maximum atomic E-state index is 13.5. The molecule has 2 N–H and O–H groups in total. The average Bonchev–Trinajstić information content (AvgIpc) is 2.90. The predicted molar refractivity (Wildman–Crippen MR) is 152 cm³/mol. The van der Waals surface area contributed by atoms with Crippen molar-refractivity contribution < 1.29 is 19.0 Å². The van der Waals surface area contributed by atoms with Gasteiger partial charge in [-0.25, -0.2) is 9.59 Å². The molecule has 0 amide bonds. The number of fused-ring (bicyclic) bond motifs is 3. The molecule has 0 saturated carbocycles. The molecule has 2 aromatic heterocycles. The van der Waals surface area contributed by atoms with Crippen molar-refractivity contribution in [3.8, 4) is 11.5 Å². The van der Waals surface area contributed by atoms with E-state index in [-0.39, 0.29) is 33.8 Å². The zero-order valence-electron chi connectivity index (χ0n) is 22.0. The first-order valence-electron chi connectivity index (χ1n) is 12.7. The molecule has 6 rings (SSSR count). The number of hydrogen-bond donors (Lipinski definition) is 2. The van der Waals surface area contributed by atoms with Crippen LogP contribution in [0.2, 0.25) is 0 Å². The number of aromatic hydroxyl groups is 2. The van der Waals surface area contributed by atoms with Crippen LogP contribution in [0.3, 0.4) is 0 Å². The molecule has 0 bridgehead atoms. The summed E-state index contributed by atoms with van der Waals surface area (Å²) in [5.41, 5.74) is 2.71. The third kappa shape index (κ3) is 3.87. The third-order valence-electron chi connectivity index (χ3n) is 7.74. The van der Waals surface area contributed by atoms with Crippen LogP contribution in [-0.2, 0) is 0 Å². The van der Waals surface area contributed by atoms with Crippen LogP contribution in [-0.4, -0.2) is 10.2 Å². The standard InChI is InChI=1S/C33H26O6/c1-16-11-23-25(13-18(16)3)38-32(36)28(30(23)34)27(22-10-9-20-7-5-6-8-21(20)15-22)29-31(35)24-12-17(2)19(4)14-26(24)39-33(29)37/h5-15,27,34-35H,1-4H3. The molecule has 6 heteroatoms. The fraction of sp³-hybridized carbons (Fsp3) is 0.152. The van der Waals surface area contributed by atoms with Gasteiger partial charge >= 0.3 is 11.3 Å². The van der Waals surface area contributed by atoms with Crippen LogP contribution in [0.5, 0.6) is 11.5 Å². The second-order valence-electron chi connectivity index (χ2n) is 10.2. The summed E-state index contributed by atoms with van der Waals surface area (Å²) in [4.78, 5) is 27.1. The third-order valence-corrected chi connectivity index (χ3v) is 7.74. The quantitative estimate of drug-likeness (QED) is 0.248. The topological polar surface area (TPSA) is 101 Å². The van der Waals surface area contributed by atoms with Crippen LogP contribution in [0.25, 0.3) is 32.7 Å². The maximum Gasteiger partial charge on any atom is 0.344 e. The Balaban J connectivity index is 1.74. The lowest BCUT2D eigenvalue weighted by Crippen LogP contribution is -2.21. The summed E-state index contributed by atoms with van der Waals surface area (Å²) in [7, 11) is 0. The molecule has 0 atom stereocenters. The molecular weight excluding hydrogens is 492 g/mol. The van der Waals surface area contributed by atoms with E-state index in [9.17, 15) is 19.8 Å². The van der Waals surface area contributed by atoms with Gasteiger partial charge in [0.05, 0.1) is 27.8 Å². The molecule has 4 aromatic carbocycles. The molecule has 0 spiro atoms. The molecule has 0 fully saturated rings. The normalized spacial score (nSPS) is 11.7. The van der Waals surface area contributed by atoms with Crippen LogP contribution < -0.4 is 11.3 Å². The van der Waals surface area contributed by atoms with E-state index in [4.69, 9.17) is 8.83 Å². The molecule has 2 heterocycles. The van der Waals surface area contributed by atoms with Crippen molar-refractivity contribution in [1.29, 1.82) is 0 Å². The van der Waals surface area contributed by atoms with Gasteiger partial charge < -0.3 is 19.0 Å². The second kappa shape index (κ2) is 8.88. The fourth-order valence-electron chi connectivity index (χ4n) is 5.29. The average molecular weight is 519 g/mol. The Morgan fingerprint density at radius 2 is 1.05 bits per heavy atom. The van der Waals surface area contributed by atoms with Gasteiger partial charge in [-0.2, -0.15) is 0 Å². The highest BCUT2D eigenvalue weighted by molar-refractivity contribution is 5.89. The van der Waals surface area contributed by atoms with Gasteiger partial charge in [0.25, 0.3) is 0 Å². The summed E-state index contributed by atoms with van der Waals surface area (Å²) in [6, 6.07) is 20.1. The maximum absolute atomic E-state index is 13.5. The van der Waals surface area contributed by atoms with E-state index in [0.717, 1.165) is 33.0 Å². The SMILES string of the molecule is Cc1cc2oc(=O)c(C(c3ccc4ccccc4c3)c3c(O)c4cc(C)c(C)cc4oc3=O)c(O)c2cc1C. The number of aryl methyl sites for hydroxylation is 4. The Kier molecular flexibility index (Phi) is 5.57. The van der Waals surface area contributed by atoms with E-state index in [1.165, 1.54) is 0 Å². The lowest BCUT2D eigenvalue weighted by atomic mass is 9.83. The lowest BCUT2D eigenvalue weighted by Gasteiger charge is -2.20. The van der Waals surface area contributed by atoms with Crippen LogP contribution in [0, 0.1) is 27.7 Å². The fourth-order valence-corrected chi connectivity index (χ4v) is 5.29. The highest BCUT2D eigenvalue weighted by Gasteiger charge is 2.33. The van der Waals surface area contributed by atoms with Crippen LogP contribution in [0.1, 0.15) is 44.9 Å². The zero-order chi connectivity index (χ0) is 27.6. The second-order valence-corrected chi connectivity index (χ2v) is 10.2. The molecule has 0 unspecified atom stereocenters. The molecule has 0 aliphatic carbocycles. The van der Waals surface area contributed by atoms with E-state index >= 15 is 0 Å². The molecule has 39 heavy (non-hydrogen) atoms. The first kappa shape index (κ1) is 24.5. The van der Waals surface area contributed by atoms with Gasteiger partial charge in [-0.15, -0.1) is 0 Å². The van der Waals surface area contributed by atoms with Crippen molar-refractivity contribution in [2.45, 2.75) is 33.6 Å². The van der Waals surface area contributed by atoms with Crippen LogP contribution in [0.4, 0.5) is 0 Å². The van der Waals surface area contributed by atoms with E-state index in [0.29, 0.717) is 16.3 Å². The van der Waals surface area contributed by atoms with E-state index in [2.05, 4.69) is 0 Å². The number of benzene rings is 4. The molecule has 6 aromatic rings. The summed E-state index contributed by atoms with van der Waals surface area (Å²) in [6.07, 6.45) is 0. The van der Waals surface area contributed by atoms with Crippen molar-refractivity contribution in [3.05, 3.63) is 127 Å². The van der Waals surface area contributed by atoms with Crippen molar-refractivity contribution in [2.75, 3.05) is 0 Å². The minimum atomic E-state index is -1.17. The molecular formula is C33H26O6. The van der Waals surface area contributed by atoms with Gasteiger partial charge in [0.15, 0.2) is 0 Å². The molecule has 0 aliphatic rings. The first-order chi connectivity index (χ1) is 18.6. The zero-order valence-corrected chi connectivity index (χ0v) is 22.0. The van der Waals surface area contributed by atoms with E-state index in [1.54, 1.807) is 30.3 Å². The minimum Gasteiger partial charge on any atom is -0.507 e. The Morgan fingerprint density at radius 1 is 0.590 bits per heavy atom. The Hall–Kier alpha value is -4.84. The highest BCUT2D eigenvalue weighted by Crippen LogP contribution is 2.43. The molecule has 6 nitrogen and oxygen atoms in total. The van der Waals surface area contributed by atoms with E-state index in [1.807, 2.05) is 64.1 Å². The van der Waals surface area contributed by atoms with Gasteiger partial charge in [0.1, 0.15) is 22.7 Å². The number of rotatable bonds is 3. The summed E-state index contributed by atoms with van der Waals surface area (Å²) < 4.78 is 11.4. The Bertz CT molecular complexity index is 1970. The van der Waals surface area contributed by atoms with Gasteiger partial charge in [-0.3, -0.25) is 0 Å². The highest BCUT2D eigenvalue weighted by atomic mass is 16.4. The van der Waals surface area contributed by atoms with Crippen molar-refractivity contribution in [1.82, 2.24) is 0 Å². The van der Waals surface area contributed by atoms with Gasteiger partial charge in [-0.05, 0) is 90.6 Å². The minimum absolute atomic E-state index is 0.146.